The molecule has 1 aromatic heterocycles. The van der Waals surface area contributed by atoms with Gasteiger partial charge < -0.3 is 10.1 Å². The van der Waals surface area contributed by atoms with Gasteiger partial charge in [0.2, 0.25) is 0 Å². The summed E-state index contributed by atoms with van der Waals surface area (Å²) in [6.45, 7) is 5.62. The van der Waals surface area contributed by atoms with Crippen LogP contribution in [0.25, 0.3) is 17.6 Å². The van der Waals surface area contributed by atoms with Crippen LogP contribution in [0.2, 0.25) is 0 Å². The predicted molar refractivity (Wildman–Crippen MR) is 86.3 cm³/mol. The number of nitrogens with one attached hydrogen (secondary N) is 1. The molecule has 1 N–H and O–H groups in total. The number of rotatable bonds is 5. The maximum atomic E-state index is 11.5. The van der Waals surface area contributed by atoms with Crippen molar-refractivity contribution in [1.29, 1.82) is 0 Å². The Bertz CT molecular complexity index is 689. The molecule has 6 nitrogen and oxygen atoms in total. The SMILES string of the molecule is CNc1cc(C)cc(-c2ncn(/C=C\C(=O)OC(C)C)n2)c1. The Kier molecular flexibility index (Phi) is 4.93. The molecule has 22 heavy (non-hydrogen) atoms. The Morgan fingerprint density at radius 3 is 2.82 bits per heavy atom. The first-order chi connectivity index (χ1) is 10.5. The third-order valence-electron chi connectivity index (χ3n) is 2.85. The highest BCUT2D eigenvalue weighted by Gasteiger charge is 2.06. The molecule has 1 heterocycles. The smallest absolute Gasteiger partial charge is 0.332 e. The summed E-state index contributed by atoms with van der Waals surface area (Å²) in [5.74, 6) is 0.196. The third-order valence-corrected chi connectivity index (χ3v) is 2.85. The van der Waals surface area contributed by atoms with E-state index in [1.807, 2.05) is 32.2 Å². The molecule has 0 radical (unpaired) electrons. The standard InChI is InChI=1S/C16H20N4O2/c1-11(2)22-15(21)5-6-20-10-18-16(19-20)13-7-12(3)8-14(9-13)17-4/h5-11,17H,1-4H3/b6-5-. The lowest BCUT2D eigenvalue weighted by Crippen LogP contribution is -2.08. The summed E-state index contributed by atoms with van der Waals surface area (Å²) in [4.78, 5) is 15.7. The Labute approximate surface area is 129 Å². The van der Waals surface area contributed by atoms with E-state index in [1.165, 1.54) is 17.0 Å². The van der Waals surface area contributed by atoms with Crippen LogP contribution < -0.4 is 5.32 Å². The van der Waals surface area contributed by atoms with Crippen LogP contribution in [0, 0.1) is 6.92 Å². The van der Waals surface area contributed by atoms with Crippen molar-refractivity contribution >= 4 is 17.9 Å². The molecular weight excluding hydrogens is 280 g/mol. The van der Waals surface area contributed by atoms with Gasteiger partial charge in [0.15, 0.2) is 5.82 Å². The molecule has 0 bridgehead atoms. The van der Waals surface area contributed by atoms with Crippen LogP contribution in [-0.4, -0.2) is 33.9 Å². The number of carbonyl (C=O) groups excluding carboxylic acids is 1. The van der Waals surface area contributed by atoms with Crippen LogP contribution in [0.3, 0.4) is 0 Å². The zero-order chi connectivity index (χ0) is 16.1. The first-order valence-electron chi connectivity index (χ1n) is 7.07. The first-order valence-corrected chi connectivity index (χ1v) is 7.07. The minimum absolute atomic E-state index is 0.143. The van der Waals surface area contributed by atoms with Crippen LogP contribution in [0.4, 0.5) is 5.69 Å². The molecule has 0 atom stereocenters. The van der Waals surface area contributed by atoms with E-state index in [-0.39, 0.29) is 6.10 Å². The van der Waals surface area contributed by atoms with Gasteiger partial charge in [-0.05, 0) is 44.5 Å². The number of hydrogen-bond donors (Lipinski definition) is 1. The lowest BCUT2D eigenvalue weighted by molar-refractivity contribution is -0.141. The molecule has 6 heteroatoms. The molecule has 0 saturated heterocycles. The van der Waals surface area contributed by atoms with Crippen molar-refractivity contribution in [2.45, 2.75) is 26.9 Å². The van der Waals surface area contributed by atoms with Crippen LogP contribution in [0.5, 0.6) is 0 Å². The van der Waals surface area contributed by atoms with Gasteiger partial charge in [-0.25, -0.2) is 14.5 Å². The molecule has 1 aromatic carbocycles. The van der Waals surface area contributed by atoms with Crippen LogP contribution in [0.1, 0.15) is 19.4 Å². The van der Waals surface area contributed by atoms with Crippen molar-refractivity contribution in [2.75, 3.05) is 12.4 Å². The van der Waals surface area contributed by atoms with E-state index in [2.05, 4.69) is 15.4 Å². The van der Waals surface area contributed by atoms with E-state index < -0.39 is 5.97 Å². The lowest BCUT2D eigenvalue weighted by atomic mass is 10.1. The molecule has 0 aliphatic carbocycles. The van der Waals surface area contributed by atoms with E-state index in [0.717, 1.165) is 16.8 Å². The second-order valence-electron chi connectivity index (χ2n) is 5.19. The van der Waals surface area contributed by atoms with Crippen molar-refractivity contribution in [3.05, 3.63) is 36.2 Å². The maximum Gasteiger partial charge on any atom is 0.332 e. The van der Waals surface area contributed by atoms with Gasteiger partial charge in [0, 0.05) is 30.6 Å². The van der Waals surface area contributed by atoms with E-state index in [1.54, 1.807) is 20.2 Å². The number of nitrogens with zero attached hydrogens (tertiary/aromatic N) is 3. The molecule has 116 valence electrons. The Hall–Kier alpha value is -2.63. The van der Waals surface area contributed by atoms with E-state index in [4.69, 9.17) is 4.74 Å². The largest absolute Gasteiger partial charge is 0.460 e. The third kappa shape index (κ3) is 4.18. The highest BCUT2D eigenvalue weighted by Crippen LogP contribution is 2.21. The molecule has 2 rings (SSSR count). The van der Waals surface area contributed by atoms with Crippen molar-refractivity contribution in [2.24, 2.45) is 0 Å². The van der Waals surface area contributed by atoms with Crippen LogP contribution in [0.15, 0.2) is 30.6 Å². The van der Waals surface area contributed by atoms with Crippen molar-refractivity contribution < 1.29 is 9.53 Å². The molecule has 2 aromatic rings. The molecule has 0 aliphatic rings. The molecule has 0 saturated carbocycles. The zero-order valence-electron chi connectivity index (χ0n) is 13.2. The summed E-state index contributed by atoms with van der Waals surface area (Å²) < 4.78 is 6.50. The van der Waals surface area contributed by atoms with Gasteiger partial charge in [-0.1, -0.05) is 0 Å². The van der Waals surface area contributed by atoms with E-state index in [0.29, 0.717) is 5.82 Å². The van der Waals surface area contributed by atoms with Crippen molar-refractivity contribution in [3.8, 4) is 11.4 Å². The minimum atomic E-state index is -0.403. The van der Waals surface area contributed by atoms with Crippen LogP contribution in [-0.2, 0) is 9.53 Å². The molecule has 0 fully saturated rings. The summed E-state index contributed by atoms with van der Waals surface area (Å²) in [5, 5.41) is 7.44. The number of benzene rings is 1. The number of esters is 1. The second-order valence-corrected chi connectivity index (χ2v) is 5.19. The van der Waals surface area contributed by atoms with Crippen molar-refractivity contribution in [1.82, 2.24) is 14.8 Å². The van der Waals surface area contributed by atoms with Crippen molar-refractivity contribution in [3.63, 3.8) is 0 Å². The lowest BCUT2D eigenvalue weighted by Gasteiger charge is -2.04. The average Bonchev–Trinajstić information content (AvgIpc) is 2.92. The van der Waals surface area contributed by atoms with Gasteiger partial charge in [0.25, 0.3) is 0 Å². The number of aryl methyl sites for hydroxylation is 1. The van der Waals surface area contributed by atoms with Gasteiger partial charge in [-0.15, -0.1) is 5.10 Å². The fraction of sp³-hybridized carbons (Fsp3) is 0.312. The maximum absolute atomic E-state index is 11.5. The average molecular weight is 300 g/mol. The fourth-order valence-electron chi connectivity index (χ4n) is 1.94. The number of aromatic nitrogens is 3. The highest BCUT2D eigenvalue weighted by molar-refractivity contribution is 5.85. The molecule has 0 spiro atoms. The Morgan fingerprint density at radius 2 is 2.14 bits per heavy atom. The molecule has 0 amide bonds. The fourth-order valence-corrected chi connectivity index (χ4v) is 1.94. The number of hydrogen-bond acceptors (Lipinski definition) is 5. The summed E-state index contributed by atoms with van der Waals surface area (Å²) in [5.41, 5.74) is 3.04. The van der Waals surface area contributed by atoms with E-state index >= 15 is 0 Å². The topological polar surface area (TPSA) is 69.0 Å². The Balaban J connectivity index is 2.16. The normalized spacial score (nSPS) is 11.1. The molecule has 0 unspecified atom stereocenters. The summed E-state index contributed by atoms with van der Waals surface area (Å²) in [6, 6.07) is 6.03. The highest BCUT2D eigenvalue weighted by atomic mass is 16.5. The van der Waals surface area contributed by atoms with Gasteiger partial charge in [-0.2, -0.15) is 0 Å². The quantitative estimate of drug-likeness (QED) is 0.679. The Morgan fingerprint density at radius 1 is 1.36 bits per heavy atom. The molecule has 0 aliphatic heterocycles. The second kappa shape index (κ2) is 6.89. The number of anilines is 1. The summed E-state index contributed by atoms with van der Waals surface area (Å²) in [6.07, 6.45) is 4.26. The molecular formula is C16H20N4O2. The van der Waals surface area contributed by atoms with Gasteiger partial charge in [0.05, 0.1) is 6.10 Å². The minimum Gasteiger partial charge on any atom is -0.460 e. The summed E-state index contributed by atoms with van der Waals surface area (Å²) in [7, 11) is 1.87. The number of ether oxygens (including phenoxy) is 1. The number of carbonyl (C=O) groups is 1. The first kappa shape index (κ1) is 15.8. The van der Waals surface area contributed by atoms with Gasteiger partial charge in [-0.3, -0.25) is 0 Å². The predicted octanol–water partition coefficient (Wildman–Crippen LogP) is 2.72. The van der Waals surface area contributed by atoms with E-state index in [9.17, 15) is 4.79 Å². The zero-order valence-corrected chi connectivity index (χ0v) is 13.2. The van der Waals surface area contributed by atoms with Crippen LogP contribution >= 0.6 is 0 Å². The van der Waals surface area contributed by atoms with Gasteiger partial charge >= 0.3 is 5.97 Å². The monoisotopic (exact) mass is 300 g/mol. The van der Waals surface area contributed by atoms with Gasteiger partial charge in [0.1, 0.15) is 6.33 Å². The summed E-state index contributed by atoms with van der Waals surface area (Å²) >= 11 is 0.